The van der Waals surface area contributed by atoms with E-state index in [1.165, 1.54) is 0 Å². The summed E-state index contributed by atoms with van der Waals surface area (Å²) in [4.78, 5) is 13.6. The molecule has 0 aromatic carbocycles. The Labute approximate surface area is 80.5 Å². The lowest BCUT2D eigenvalue weighted by molar-refractivity contribution is -0.135. The van der Waals surface area contributed by atoms with Crippen LogP contribution in [0.15, 0.2) is 0 Å². The second kappa shape index (κ2) is 4.61. The highest BCUT2D eigenvalue weighted by atomic mass is 16.2. The van der Waals surface area contributed by atoms with Gasteiger partial charge in [0, 0.05) is 19.6 Å². The molecule has 1 N–H and O–H groups in total. The van der Waals surface area contributed by atoms with Crippen molar-refractivity contribution in [3.05, 3.63) is 0 Å². The van der Waals surface area contributed by atoms with E-state index < -0.39 is 0 Å². The molecule has 13 heavy (non-hydrogen) atoms. The Balaban J connectivity index is 2.53. The summed E-state index contributed by atoms with van der Waals surface area (Å²) >= 11 is 0. The van der Waals surface area contributed by atoms with Crippen LogP contribution in [0.5, 0.6) is 0 Å². The van der Waals surface area contributed by atoms with E-state index in [1.54, 1.807) is 0 Å². The van der Waals surface area contributed by atoms with Crippen LogP contribution >= 0.6 is 0 Å². The third kappa shape index (κ3) is 2.44. The van der Waals surface area contributed by atoms with Crippen LogP contribution in [-0.4, -0.2) is 37.0 Å². The number of nitrogens with zero attached hydrogens (tertiary/aromatic N) is 1. The minimum atomic E-state index is 0.193. The average molecular weight is 184 g/mol. The van der Waals surface area contributed by atoms with Crippen LogP contribution in [0.25, 0.3) is 0 Å². The summed E-state index contributed by atoms with van der Waals surface area (Å²) in [5.74, 6) is 0.487. The topological polar surface area (TPSA) is 32.3 Å². The molecule has 0 bridgehead atoms. The maximum absolute atomic E-state index is 11.8. The normalized spacial score (nSPS) is 28.5. The molecule has 2 atom stereocenters. The van der Waals surface area contributed by atoms with Crippen molar-refractivity contribution in [3.63, 3.8) is 0 Å². The monoisotopic (exact) mass is 184 g/mol. The molecular formula is C10H20N2O. The number of rotatable bonds is 2. The molecule has 76 valence electrons. The van der Waals surface area contributed by atoms with Gasteiger partial charge in [-0.2, -0.15) is 0 Å². The molecule has 0 radical (unpaired) electrons. The fourth-order valence-corrected chi connectivity index (χ4v) is 1.82. The molecule has 1 fully saturated rings. The molecule has 0 aromatic rings. The van der Waals surface area contributed by atoms with Crippen LogP contribution in [-0.2, 0) is 4.79 Å². The molecule has 2 unspecified atom stereocenters. The third-order valence-corrected chi connectivity index (χ3v) is 2.93. The minimum absolute atomic E-state index is 0.193. The van der Waals surface area contributed by atoms with Gasteiger partial charge in [-0.15, -0.1) is 0 Å². The Hall–Kier alpha value is -0.570. The van der Waals surface area contributed by atoms with Gasteiger partial charge in [-0.3, -0.25) is 4.79 Å². The lowest BCUT2D eigenvalue weighted by Gasteiger charge is -2.31. The predicted molar refractivity (Wildman–Crippen MR) is 53.5 cm³/mol. The zero-order valence-corrected chi connectivity index (χ0v) is 8.84. The second-order valence-electron chi connectivity index (χ2n) is 3.84. The molecule has 1 amide bonds. The maximum Gasteiger partial charge on any atom is 0.226 e. The van der Waals surface area contributed by atoms with Gasteiger partial charge in [0.05, 0.1) is 5.92 Å². The first kappa shape index (κ1) is 10.5. The van der Waals surface area contributed by atoms with Crippen LogP contribution in [0, 0.1) is 5.92 Å². The number of carbonyl (C=O) groups excluding carboxylic acids is 1. The van der Waals surface area contributed by atoms with Gasteiger partial charge in [0.15, 0.2) is 0 Å². The molecule has 1 rings (SSSR count). The molecular weight excluding hydrogens is 164 g/mol. The van der Waals surface area contributed by atoms with E-state index in [1.807, 2.05) is 18.9 Å². The van der Waals surface area contributed by atoms with Crippen LogP contribution in [0.1, 0.15) is 26.7 Å². The van der Waals surface area contributed by atoms with Gasteiger partial charge in [0.1, 0.15) is 0 Å². The largest absolute Gasteiger partial charge is 0.346 e. The second-order valence-corrected chi connectivity index (χ2v) is 3.84. The van der Waals surface area contributed by atoms with Crippen LogP contribution in [0.4, 0.5) is 0 Å². The Morgan fingerprint density at radius 2 is 2.31 bits per heavy atom. The molecule has 0 saturated carbocycles. The first-order chi connectivity index (χ1) is 6.16. The number of nitrogens with one attached hydrogen (secondary N) is 1. The smallest absolute Gasteiger partial charge is 0.226 e. The van der Waals surface area contributed by atoms with Crippen molar-refractivity contribution in [1.29, 1.82) is 0 Å². The summed E-state index contributed by atoms with van der Waals surface area (Å²) in [7, 11) is 1.88. The van der Waals surface area contributed by atoms with Crippen molar-refractivity contribution in [2.45, 2.75) is 32.7 Å². The van der Waals surface area contributed by atoms with Gasteiger partial charge in [-0.05, 0) is 33.2 Å². The van der Waals surface area contributed by atoms with Crippen LogP contribution in [0.2, 0.25) is 0 Å². The van der Waals surface area contributed by atoms with Gasteiger partial charge < -0.3 is 10.2 Å². The van der Waals surface area contributed by atoms with Gasteiger partial charge in [-0.1, -0.05) is 0 Å². The molecule has 1 aliphatic heterocycles. The van der Waals surface area contributed by atoms with E-state index in [-0.39, 0.29) is 5.92 Å². The standard InChI is InChI=1S/C10H20N2O/c1-4-12(3)10(13)9-6-5-7-11-8(9)2/h8-9,11H,4-7H2,1-3H3. The molecule has 3 nitrogen and oxygen atoms in total. The zero-order chi connectivity index (χ0) is 9.84. The Morgan fingerprint density at radius 3 is 2.85 bits per heavy atom. The molecule has 0 aromatic heterocycles. The molecule has 3 heteroatoms. The number of hydrogen-bond donors (Lipinski definition) is 1. The lowest BCUT2D eigenvalue weighted by Crippen LogP contribution is -2.47. The summed E-state index contributed by atoms with van der Waals surface area (Å²) in [6.07, 6.45) is 2.16. The first-order valence-corrected chi connectivity index (χ1v) is 5.15. The highest BCUT2D eigenvalue weighted by Gasteiger charge is 2.28. The molecule has 0 spiro atoms. The summed E-state index contributed by atoms with van der Waals surface area (Å²) in [5, 5.41) is 3.34. The molecule has 1 heterocycles. The van der Waals surface area contributed by atoms with Gasteiger partial charge >= 0.3 is 0 Å². The van der Waals surface area contributed by atoms with Gasteiger partial charge in [0.25, 0.3) is 0 Å². The molecule has 1 aliphatic rings. The van der Waals surface area contributed by atoms with Crippen molar-refractivity contribution in [2.24, 2.45) is 5.92 Å². The average Bonchev–Trinajstić information content (AvgIpc) is 2.16. The van der Waals surface area contributed by atoms with E-state index in [2.05, 4.69) is 12.2 Å². The highest BCUT2D eigenvalue weighted by molar-refractivity contribution is 5.79. The summed E-state index contributed by atoms with van der Waals surface area (Å²) in [5.41, 5.74) is 0. The van der Waals surface area contributed by atoms with Gasteiger partial charge in [-0.25, -0.2) is 0 Å². The van der Waals surface area contributed by atoms with Crippen molar-refractivity contribution in [3.8, 4) is 0 Å². The van der Waals surface area contributed by atoms with Crippen molar-refractivity contribution in [2.75, 3.05) is 20.1 Å². The van der Waals surface area contributed by atoms with E-state index in [9.17, 15) is 4.79 Å². The molecule has 0 aliphatic carbocycles. The third-order valence-electron chi connectivity index (χ3n) is 2.93. The van der Waals surface area contributed by atoms with Crippen molar-refractivity contribution >= 4 is 5.91 Å². The zero-order valence-electron chi connectivity index (χ0n) is 8.84. The lowest BCUT2D eigenvalue weighted by atomic mass is 9.91. The number of hydrogen-bond acceptors (Lipinski definition) is 2. The summed E-state index contributed by atoms with van der Waals surface area (Å²) in [6, 6.07) is 0.343. The maximum atomic E-state index is 11.8. The van der Waals surface area contributed by atoms with E-state index in [0.717, 1.165) is 25.9 Å². The Bertz CT molecular complexity index is 182. The number of piperidine rings is 1. The highest BCUT2D eigenvalue weighted by Crippen LogP contribution is 2.18. The van der Waals surface area contributed by atoms with Crippen molar-refractivity contribution in [1.82, 2.24) is 10.2 Å². The Morgan fingerprint density at radius 1 is 1.62 bits per heavy atom. The summed E-state index contributed by atoms with van der Waals surface area (Å²) < 4.78 is 0. The molecule has 1 saturated heterocycles. The van der Waals surface area contributed by atoms with E-state index in [4.69, 9.17) is 0 Å². The van der Waals surface area contributed by atoms with Crippen LogP contribution < -0.4 is 5.32 Å². The van der Waals surface area contributed by atoms with Crippen molar-refractivity contribution < 1.29 is 4.79 Å². The Kier molecular flexibility index (Phi) is 3.72. The van der Waals surface area contributed by atoms with Crippen LogP contribution in [0.3, 0.4) is 0 Å². The number of carbonyl (C=O) groups is 1. The number of amides is 1. The first-order valence-electron chi connectivity index (χ1n) is 5.15. The summed E-state index contributed by atoms with van der Waals surface area (Å²) in [6.45, 7) is 5.98. The van der Waals surface area contributed by atoms with Gasteiger partial charge in [0.2, 0.25) is 5.91 Å². The quantitative estimate of drug-likeness (QED) is 0.690. The fraction of sp³-hybridized carbons (Fsp3) is 0.900. The minimum Gasteiger partial charge on any atom is -0.346 e. The predicted octanol–water partition coefficient (Wildman–Crippen LogP) is 0.853. The fourth-order valence-electron chi connectivity index (χ4n) is 1.82. The van der Waals surface area contributed by atoms with E-state index in [0.29, 0.717) is 11.9 Å². The van der Waals surface area contributed by atoms with E-state index >= 15 is 0 Å². The SMILES string of the molecule is CCN(C)C(=O)C1CCCNC1C.